The molecule has 0 spiro atoms. The molecular formula is C24H35N3O3+2. The molecule has 0 saturated carbocycles. The van der Waals surface area contributed by atoms with E-state index in [-0.39, 0.29) is 5.91 Å². The molecule has 1 saturated heterocycles. The maximum atomic E-state index is 12.5. The number of anilines is 1. The molecule has 1 fully saturated rings. The van der Waals surface area contributed by atoms with E-state index in [4.69, 9.17) is 9.47 Å². The Morgan fingerprint density at radius 2 is 1.50 bits per heavy atom. The number of amides is 1. The summed E-state index contributed by atoms with van der Waals surface area (Å²) in [6.45, 7) is 11.9. The van der Waals surface area contributed by atoms with Gasteiger partial charge < -0.3 is 24.6 Å². The first-order valence-electron chi connectivity index (χ1n) is 10.7. The second-order valence-corrected chi connectivity index (χ2v) is 8.33. The van der Waals surface area contributed by atoms with Crippen molar-refractivity contribution < 1.29 is 24.1 Å². The Balaban J connectivity index is 1.50. The van der Waals surface area contributed by atoms with Crippen molar-refractivity contribution in [2.75, 3.05) is 52.3 Å². The summed E-state index contributed by atoms with van der Waals surface area (Å²) in [6.07, 6.45) is 0. The zero-order chi connectivity index (χ0) is 21.7. The Labute approximate surface area is 179 Å². The van der Waals surface area contributed by atoms with Gasteiger partial charge >= 0.3 is 0 Å². The molecule has 1 heterocycles. The van der Waals surface area contributed by atoms with Crippen LogP contribution in [0.2, 0.25) is 0 Å². The fourth-order valence-corrected chi connectivity index (χ4v) is 4.04. The average Bonchev–Trinajstić information content (AvgIpc) is 2.73. The minimum Gasteiger partial charge on any atom is -0.493 e. The number of hydrogen-bond donors (Lipinski definition) is 3. The third kappa shape index (κ3) is 5.52. The van der Waals surface area contributed by atoms with Crippen molar-refractivity contribution in [2.24, 2.45) is 0 Å². The molecule has 0 unspecified atom stereocenters. The summed E-state index contributed by atoms with van der Waals surface area (Å²) in [5.74, 6) is 1.65. The molecule has 2 aromatic carbocycles. The summed E-state index contributed by atoms with van der Waals surface area (Å²) >= 11 is 0. The van der Waals surface area contributed by atoms with Crippen LogP contribution < -0.4 is 24.6 Å². The number of carbonyl (C=O) groups excluding carboxylic acids is 1. The van der Waals surface area contributed by atoms with Gasteiger partial charge in [0.25, 0.3) is 5.91 Å². The van der Waals surface area contributed by atoms with Crippen LogP contribution in [-0.4, -0.2) is 52.9 Å². The van der Waals surface area contributed by atoms with Gasteiger partial charge in [-0.05, 0) is 61.7 Å². The lowest BCUT2D eigenvalue weighted by Crippen LogP contribution is -3.28. The van der Waals surface area contributed by atoms with Gasteiger partial charge in [-0.3, -0.25) is 4.79 Å². The van der Waals surface area contributed by atoms with Crippen LogP contribution in [0.25, 0.3) is 0 Å². The van der Waals surface area contributed by atoms with Gasteiger partial charge in [-0.2, -0.15) is 0 Å². The molecule has 0 aromatic heterocycles. The summed E-state index contributed by atoms with van der Waals surface area (Å²) in [5.41, 5.74) is 5.84. The first-order chi connectivity index (χ1) is 14.4. The van der Waals surface area contributed by atoms with Crippen molar-refractivity contribution in [2.45, 2.75) is 27.3 Å². The first kappa shape index (κ1) is 22.1. The predicted molar refractivity (Wildman–Crippen MR) is 119 cm³/mol. The number of quaternary nitrogens is 2. The maximum Gasteiger partial charge on any atom is 0.279 e. The Morgan fingerprint density at radius 1 is 0.867 bits per heavy atom. The standard InChI is InChI=1S/C24H33N3O3/c1-17-6-7-21(12-18(17)2)25-24(28)16-27-10-8-26(9-11-27)15-20-14-23(30-5)22(29-4)13-19(20)3/h6-7,12-14H,8-11,15-16H2,1-5H3,(H,25,28)/p+2. The molecule has 1 aliphatic rings. The summed E-state index contributed by atoms with van der Waals surface area (Å²) in [5, 5.41) is 3.05. The molecule has 1 amide bonds. The summed E-state index contributed by atoms with van der Waals surface area (Å²) in [7, 11) is 3.34. The van der Waals surface area contributed by atoms with Gasteiger partial charge in [0.1, 0.15) is 32.7 Å². The fraction of sp³-hybridized carbons (Fsp3) is 0.458. The molecular weight excluding hydrogens is 378 g/mol. The van der Waals surface area contributed by atoms with Gasteiger partial charge in [-0.1, -0.05) is 6.07 Å². The normalized spacial score (nSPS) is 18.7. The Hall–Kier alpha value is -2.57. The topological polar surface area (TPSA) is 56.4 Å². The zero-order valence-electron chi connectivity index (χ0n) is 18.9. The highest BCUT2D eigenvalue weighted by molar-refractivity contribution is 5.91. The molecule has 30 heavy (non-hydrogen) atoms. The van der Waals surface area contributed by atoms with Crippen molar-refractivity contribution in [1.82, 2.24) is 0 Å². The molecule has 0 atom stereocenters. The number of ether oxygens (including phenoxy) is 2. The van der Waals surface area contributed by atoms with Gasteiger partial charge in [-0.15, -0.1) is 0 Å². The van der Waals surface area contributed by atoms with E-state index in [0.29, 0.717) is 6.54 Å². The average molecular weight is 414 g/mol. The van der Waals surface area contributed by atoms with E-state index in [1.165, 1.54) is 27.2 Å². The molecule has 6 heteroatoms. The van der Waals surface area contributed by atoms with Gasteiger partial charge in [0, 0.05) is 11.3 Å². The predicted octanol–water partition coefficient (Wildman–Crippen LogP) is 0.551. The van der Waals surface area contributed by atoms with Crippen molar-refractivity contribution in [3.05, 3.63) is 52.6 Å². The van der Waals surface area contributed by atoms with Crippen LogP contribution in [0.4, 0.5) is 5.69 Å². The summed E-state index contributed by atoms with van der Waals surface area (Å²) in [4.78, 5) is 15.4. The SMILES string of the molecule is COc1cc(C)c(C[NH+]2CC[NH+](CC(=O)Nc3ccc(C)c(C)c3)CC2)cc1OC. The number of piperazine rings is 1. The largest absolute Gasteiger partial charge is 0.493 e. The lowest BCUT2D eigenvalue weighted by atomic mass is 10.1. The van der Waals surface area contributed by atoms with Gasteiger partial charge in [0.15, 0.2) is 18.0 Å². The molecule has 162 valence electrons. The van der Waals surface area contributed by atoms with E-state index in [1.807, 2.05) is 18.2 Å². The molecule has 6 nitrogen and oxygen atoms in total. The van der Waals surface area contributed by atoms with Crippen molar-refractivity contribution in [3.63, 3.8) is 0 Å². The van der Waals surface area contributed by atoms with Crippen LogP contribution in [0.1, 0.15) is 22.3 Å². The molecule has 0 aliphatic carbocycles. The number of rotatable bonds is 7. The molecule has 3 rings (SSSR count). The number of hydrogen-bond acceptors (Lipinski definition) is 3. The highest BCUT2D eigenvalue weighted by Gasteiger charge is 2.25. The Morgan fingerprint density at radius 3 is 2.13 bits per heavy atom. The van der Waals surface area contributed by atoms with Gasteiger partial charge in [0.05, 0.1) is 14.2 Å². The summed E-state index contributed by atoms with van der Waals surface area (Å²) in [6, 6.07) is 10.2. The zero-order valence-corrected chi connectivity index (χ0v) is 18.9. The highest BCUT2D eigenvalue weighted by Crippen LogP contribution is 2.29. The smallest absolute Gasteiger partial charge is 0.279 e. The fourth-order valence-electron chi connectivity index (χ4n) is 4.04. The first-order valence-corrected chi connectivity index (χ1v) is 10.7. The van der Waals surface area contributed by atoms with E-state index in [0.717, 1.165) is 49.9 Å². The van der Waals surface area contributed by atoms with Crippen LogP contribution >= 0.6 is 0 Å². The number of nitrogens with one attached hydrogen (secondary N) is 3. The molecule has 0 radical (unpaired) electrons. The second kappa shape index (κ2) is 9.96. The minimum absolute atomic E-state index is 0.0902. The lowest BCUT2D eigenvalue weighted by Gasteiger charge is -2.29. The molecule has 3 N–H and O–H groups in total. The Bertz CT molecular complexity index is 890. The van der Waals surface area contributed by atoms with Crippen LogP contribution in [0.5, 0.6) is 11.5 Å². The number of benzene rings is 2. The quantitative estimate of drug-likeness (QED) is 0.622. The maximum absolute atomic E-state index is 12.5. The summed E-state index contributed by atoms with van der Waals surface area (Å²) < 4.78 is 10.9. The van der Waals surface area contributed by atoms with Crippen LogP contribution in [0.15, 0.2) is 30.3 Å². The van der Waals surface area contributed by atoms with Crippen molar-refractivity contribution in [1.29, 1.82) is 0 Å². The van der Waals surface area contributed by atoms with Gasteiger partial charge in [0.2, 0.25) is 0 Å². The third-order valence-corrected chi connectivity index (χ3v) is 6.15. The van der Waals surface area contributed by atoms with Crippen LogP contribution in [0, 0.1) is 20.8 Å². The van der Waals surface area contributed by atoms with E-state index in [9.17, 15) is 4.79 Å². The molecule has 0 bridgehead atoms. The molecule has 2 aromatic rings. The monoisotopic (exact) mass is 413 g/mol. The number of methoxy groups -OCH3 is 2. The van der Waals surface area contributed by atoms with Crippen LogP contribution in [-0.2, 0) is 11.3 Å². The van der Waals surface area contributed by atoms with E-state index >= 15 is 0 Å². The number of carbonyl (C=O) groups is 1. The van der Waals surface area contributed by atoms with E-state index in [1.54, 1.807) is 19.1 Å². The lowest BCUT2D eigenvalue weighted by molar-refractivity contribution is -1.02. The van der Waals surface area contributed by atoms with E-state index in [2.05, 4.69) is 38.2 Å². The number of aryl methyl sites for hydroxylation is 3. The minimum atomic E-state index is 0.0902. The highest BCUT2D eigenvalue weighted by atomic mass is 16.5. The van der Waals surface area contributed by atoms with Gasteiger partial charge in [-0.25, -0.2) is 0 Å². The van der Waals surface area contributed by atoms with Crippen molar-refractivity contribution in [3.8, 4) is 11.5 Å². The van der Waals surface area contributed by atoms with Crippen molar-refractivity contribution >= 4 is 11.6 Å². The molecule has 1 aliphatic heterocycles. The second-order valence-electron chi connectivity index (χ2n) is 8.33. The van der Waals surface area contributed by atoms with E-state index < -0.39 is 0 Å². The van der Waals surface area contributed by atoms with Crippen LogP contribution in [0.3, 0.4) is 0 Å². The Kier molecular flexibility index (Phi) is 7.34. The third-order valence-electron chi connectivity index (χ3n) is 6.15.